The number of hydrogen-bond donors (Lipinski definition) is 3. The number of thiocarbonyl (C=S) groups is 1. The van der Waals surface area contributed by atoms with Crippen molar-refractivity contribution in [1.82, 2.24) is 9.88 Å². The van der Waals surface area contributed by atoms with Gasteiger partial charge in [0.1, 0.15) is 0 Å². The second kappa shape index (κ2) is 7.02. The van der Waals surface area contributed by atoms with Gasteiger partial charge in [-0.15, -0.1) is 16.8 Å². The SMILES string of the molecule is C=CCn1c(O)c2ccc(C(=O)N=NC(=S)NC(C)(C)C)cc2c1O. The molecule has 1 amide bonds. The van der Waals surface area contributed by atoms with E-state index >= 15 is 0 Å². The van der Waals surface area contributed by atoms with E-state index in [1.54, 1.807) is 12.1 Å². The Labute approximate surface area is 150 Å². The van der Waals surface area contributed by atoms with Crippen molar-refractivity contribution in [2.45, 2.75) is 32.9 Å². The number of carbonyl (C=O) groups excluding carboxylic acids is 1. The standard InChI is InChI=1S/C17H20N4O3S/c1-5-8-21-14(23)11-7-6-10(9-12(11)15(21)24)13(22)19-20-16(25)18-17(2,3)4/h5-7,9,23-24H,1,8H2,2-4H3,(H,18,25). The second-order valence-corrected chi connectivity index (χ2v) is 6.88. The first-order chi connectivity index (χ1) is 11.6. The lowest BCUT2D eigenvalue weighted by atomic mass is 10.1. The molecule has 0 fully saturated rings. The van der Waals surface area contributed by atoms with Crippen molar-refractivity contribution >= 4 is 34.0 Å². The van der Waals surface area contributed by atoms with Gasteiger partial charge in [-0.2, -0.15) is 0 Å². The Kier molecular flexibility index (Phi) is 5.22. The summed E-state index contributed by atoms with van der Waals surface area (Å²) in [6, 6.07) is 4.49. The fraction of sp³-hybridized carbons (Fsp3) is 0.294. The van der Waals surface area contributed by atoms with Crippen LogP contribution in [0.1, 0.15) is 31.1 Å². The number of nitrogens with zero attached hydrogens (tertiary/aromatic N) is 3. The smallest absolute Gasteiger partial charge is 0.295 e. The topological polar surface area (TPSA) is 99.2 Å². The molecule has 0 aliphatic rings. The van der Waals surface area contributed by atoms with Gasteiger partial charge in [0.15, 0.2) is 0 Å². The highest BCUT2D eigenvalue weighted by molar-refractivity contribution is 7.80. The molecule has 0 aliphatic carbocycles. The van der Waals surface area contributed by atoms with Gasteiger partial charge in [-0.3, -0.25) is 9.36 Å². The third kappa shape index (κ3) is 4.21. The molecule has 8 heteroatoms. The zero-order valence-electron chi connectivity index (χ0n) is 14.3. The summed E-state index contributed by atoms with van der Waals surface area (Å²) in [6.07, 6.45) is 1.54. The van der Waals surface area contributed by atoms with E-state index in [4.69, 9.17) is 12.2 Å². The summed E-state index contributed by atoms with van der Waals surface area (Å²) >= 11 is 5.01. The first-order valence-corrected chi connectivity index (χ1v) is 7.98. The van der Waals surface area contributed by atoms with E-state index in [1.807, 2.05) is 20.8 Å². The Morgan fingerprint density at radius 1 is 1.28 bits per heavy atom. The van der Waals surface area contributed by atoms with Crippen molar-refractivity contribution in [3.63, 3.8) is 0 Å². The third-order valence-electron chi connectivity index (χ3n) is 3.28. The van der Waals surface area contributed by atoms with E-state index in [0.29, 0.717) is 10.8 Å². The molecule has 25 heavy (non-hydrogen) atoms. The lowest BCUT2D eigenvalue weighted by Crippen LogP contribution is -2.38. The Morgan fingerprint density at radius 2 is 1.92 bits per heavy atom. The molecular weight excluding hydrogens is 340 g/mol. The zero-order chi connectivity index (χ0) is 18.8. The molecule has 0 aliphatic heterocycles. The maximum Gasteiger partial charge on any atom is 0.295 e. The molecule has 0 saturated heterocycles. The number of aromatic hydroxyl groups is 2. The fourth-order valence-corrected chi connectivity index (χ4v) is 2.59. The van der Waals surface area contributed by atoms with Crippen LogP contribution in [0.4, 0.5) is 0 Å². The quantitative estimate of drug-likeness (QED) is 0.442. The van der Waals surface area contributed by atoms with Crippen LogP contribution >= 0.6 is 12.2 Å². The van der Waals surface area contributed by atoms with Gasteiger partial charge in [0.05, 0.1) is 0 Å². The normalized spacial score (nSPS) is 11.8. The minimum Gasteiger partial charge on any atom is -0.494 e. The van der Waals surface area contributed by atoms with E-state index in [9.17, 15) is 15.0 Å². The number of hydrogen-bond acceptors (Lipinski definition) is 4. The van der Waals surface area contributed by atoms with Crippen molar-refractivity contribution < 1.29 is 15.0 Å². The molecule has 132 valence electrons. The van der Waals surface area contributed by atoms with Crippen LogP contribution < -0.4 is 5.32 Å². The minimum absolute atomic E-state index is 0.0939. The van der Waals surface area contributed by atoms with Crippen molar-refractivity contribution in [1.29, 1.82) is 0 Å². The zero-order valence-corrected chi connectivity index (χ0v) is 15.1. The van der Waals surface area contributed by atoms with Gasteiger partial charge in [0.2, 0.25) is 16.9 Å². The molecule has 1 aromatic carbocycles. The Bertz CT molecular complexity index is 878. The molecular formula is C17H20N4O3S. The number of allylic oxidation sites excluding steroid dienone is 1. The first kappa shape index (κ1) is 18.6. The summed E-state index contributed by atoms with van der Waals surface area (Å²) in [6.45, 7) is 9.55. The molecule has 0 unspecified atom stereocenters. The molecule has 0 spiro atoms. The fourth-order valence-electron chi connectivity index (χ4n) is 2.24. The number of rotatable bonds is 3. The van der Waals surface area contributed by atoms with Crippen molar-refractivity contribution in [2.24, 2.45) is 10.2 Å². The van der Waals surface area contributed by atoms with Crippen LogP contribution in [0.3, 0.4) is 0 Å². The maximum absolute atomic E-state index is 12.2. The second-order valence-electron chi connectivity index (χ2n) is 6.49. The van der Waals surface area contributed by atoms with Crippen LogP contribution in [0, 0.1) is 0 Å². The average molecular weight is 360 g/mol. The third-order valence-corrected chi connectivity index (χ3v) is 3.47. The van der Waals surface area contributed by atoms with Crippen LogP contribution in [0.25, 0.3) is 10.8 Å². The molecule has 0 saturated carbocycles. The summed E-state index contributed by atoms with van der Waals surface area (Å²) in [7, 11) is 0. The van der Waals surface area contributed by atoms with E-state index in [-0.39, 0.29) is 34.5 Å². The highest BCUT2D eigenvalue weighted by Gasteiger charge is 2.17. The van der Waals surface area contributed by atoms with E-state index in [2.05, 4.69) is 22.1 Å². The number of nitrogens with one attached hydrogen (secondary N) is 1. The Balaban J connectivity index is 2.29. The molecule has 2 rings (SSSR count). The Hall–Kier alpha value is -2.74. The van der Waals surface area contributed by atoms with Crippen LogP contribution in [0.5, 0.6) is 11.8 Å². The molecule has 1 aromatic heterocycles. The van der Waals surface area contributed by atoms with Gasteiger partial charge in [-0.25, -0.2) is 0 Å². The number of amides is 1. The van der Waals surface area contributed by atoms with Crippen LogP contribution in [0.2, 0.25) is 0 Å². The molecule has 0 bridgehead atoms. The summed E-state index contributed by atoms with van der Waals surface area (Å²) in [4.78, 5) is 12.2. The lowest BCUT2D eigenvalue weighted by molar-refractivity contribution is 0.0995. The lowest BCUT2D eigenvalue weighted by Gasteiger charge is -2.19. The summed E-state index contributed by atoms with van der Waals surface area (Å²) in [5.74, 6) is -0.845. The average Bonchev–Trinajstić information content (AvgIpc) is 2.76. The summed E-state index contributed by atoms with van der Waals surface area (Å²) in [5.41, 5.74) is -0.0593. The largest absolute Gasteiger partial charge is 0.494 e. The van der Waals surface area contributed by atoms with Crippen LogP contribution in [-0.4, -0.2) is 31.3 Å². The van der Waals surface area contributed by atoms with Crippen molar-refractivity contribution in [3.05, 3.63) is 36.4 Å². The van der Waals surface area contributed by atoms with Gasteiger partial charge in [0, 0.05) is 28.4 Å². The van der Waals surface area contributed by atoms with Crippen molar-refractivity contribution in [3.8, 4) is 11.8 Å². The molecule has 0 atom stereocenters. The van der Waals surface area contributed by atoms with Gasteiger partial charge < -0.3 is 15.5 Å². The highest BCUT2D eigenvalue weighted by Crippen LogP contribution is 2.36. The minimum atomic E-state index is -0.602. The predicted molar refractivity (Wildman–Crippen MR) is 100 cm³/mol. The van der Waals surface area contributed by atoms with Crippen molar-refractivity contribution in [2.75, 3.05) is 0 Å². The summed E-state index contributed by atoms with van der Waals surface area (Å²) in [5, 5.41) is 31.4. The molecule has 3 N–H and O–H groups in total. The monoisotopic (exact) mass is 360 g/mol. The van der Waals surface area contributed by atoms with Gasteiger partial charge in [0.25, 0.3) is 5.91 Å². The molecule has 1 heterocycles. The maximum atomic E-state index is 12.2. The van der Waals surface area contributed by atoms with Gasteiger partial charge >= 0.3 is 0 Å². The van der Waals surface area contributed by atoms with Gasteiger partial charge in [-0.1, -0.05) is 6.08 Å². The highest BCUT2D eigenvalue weighted by atomic mass is 32.1. The van der Waals surface area contributed by atoms with Gasteiger partial charge in [-0.05, 0) is 51.2 Å². The molecule has 0 radical (unpaired) electrons. The first-order valence-electron chi connectivity index (χ1n) is 7.57. The van der Waals surface area contributed by atoms with E-state index < -0.39 is 5.91 Å². The van der Waals surface area contributed by atoms with E-state index in [0.717, 1.165) is 0 Å². The van der Waals surface area contributed by atoms with Crippen LogP contribution in [-0.2, 0) is 6.54 Å². The number of benzene rings is 1. The number of aromatic nitrogens is 1. The molecule has 7 nitrogen and oxygen atoms in total. The van der Waals surface area contributed by atoms with Crippen LogP contribution in [0.15, 0.2) is 41.1 Å². The predicted octanol–water partition coefficient (Wildman–Crippen LogP) is 3.50. The Morgan fingerprint density at radius 3 is 2.52 bits per heavy atom. The number of azo groups is 1. The molecule has 2 aromatic rings. The van der Waals surface area contributed by atoms with E-state index in [1.165, 1.54) is 16.7 Å². The summed E-state index contributed by atoms with van der Waals surface area (Å²) < 4.78 is 1.29. The number of fused-ring (bicyclic) bond motifs is 1. The number of carbonyl (C=O) groups is 1.